The molecule has 1 aliphatic heterocycles. The fraction of sp³-hybridized carbons (Fsp3) is 0.200. The number of allylic oxidation sites excluding steroid dienone is 3. The summed E-state index contributed by atoms with van der Waals surface area (Å²) >= 11 is 0. The van der Waals surface area contributed by atoms with Gasteiger partial charge < -0.3 is 9.80 Å². The third-order valence-corrected chi connectivity index (χ3v) is 5.16. The van der Waals surface area contributed by atoms with E-state index in [1.54, 1.807) is 0 Å². The van der Waals surface area contributed by atoms with Crippen molar-refractivity contribution in [1.82, 2.24) is 4.90 Å². The highest BCUT2D eigenvalue weighted by Crippen LogP contribution is 2.29. The van der Waals surface area contributed by atoms with E-state index in [-0.39, 0.29) is 0 Å². The van der Waals surface area contributed by atoms with Crippen molar-refractivity contribution in [3.63, 3.8) is 0 Å². The Kier molecular flexibility index (Phi) is 5.66. The Morgan fingerprint density at radius 2 is 1.81 bits per heavy atom. The normalized spacial score (nSPS) is 14.2. The molecule has 0 spiro atoms. The van der Waals surface area contributed by atoms with Crippen LogP contribution >= 0.6 is 0 Å². The zero-order valence-electron chi connectivity index (χ0n) is 16.6. The lowest BCUT2D eigenvalue weighted by molar-refractivity contribution is 0.473. The van der Waals surface area contributed by atoms with E-state index < -0.39 is 0 Å². The minimum absolute atomic E-state index is 0.830. The van der Waals surface area contributed by atoms with Gasteiger partial charge in [0.05, 0.1) is 0 Å². The van der Waals surface area contributed by atoms with Crippen molar-refractivity contribution >= 4 is 11.3 Å². The topological polar surface area (TPSA) is 6.48 Å². The second-order valence-corrected chi connectivity index (χ2v) is 6.82. The summed E-state index contributed by atoms with van der Waals surface area (Å²) in [5.41, 5.74) is 7.51. The first-order valence-corrected chi connectivity index (χ1v) is 9.48. The molecule has 2 aromatic rings. The maximum Gasteiger partial charge on any atom is 0.110 e. The first-order chi connectivity index (χ1) is 13.1. The van der Waals surface area contributed by atoms with Gasteiger partial charge in [0.1, 0.15) is 5.82 Å². The average Bonchev–Trinajstić information content (AvgIpc) is 3.05. The number of benzene rings is 2. The molecule has 0 unspecified atom stereocenters. The van der Waals surface area contributed by atoms with Crippen molar-refractivity contribution in [2.75, 3.05) is 4.90 Å². The van der Waals surface area contributed by atoms with E-state index >= 15 is 0 Å². The molecule has 0 aliphatic carbocycles. The maximum absolute atomic E-state index is 4.30. The molecule has 27 heavy (non-hydrogen) atoms. The van der Waals surface area contributed by atoms with Crippen molar-refractivity contribution in [3.8, 4) is 0 Å². The van der Waals surface area contributed by atoms with Gasteiger partial charge in [-0.1, -0.05) is 62.6 Å². The molecule has 3 rings (SSSR count). The van der Waals surface area contributed by atoms with E-state index in [1.807, 2.05) is 13.0 Å². The van der Waals surface area contributed by atoms with Gasteiger partial charge in [0, 0.05) is 24.6 Å². The van der Waals surface area contributed by atoms with Crippen LogP contribution in [-0.2, 0) is 13.0 Å². The van der Waals surface area contributed by atoms with Crippen LogP contribution in [0.4, 0.5) is 5.69 Å². The summed E-state index contributed by atoms with van der Waals surface area (Å²) in [7, 11) is 0. The van der Waals surface area contributed by atoms with Crippen LogP contribution in [-0.4, -0.2) is 4.90 Å². The van der Waals surface area contributed by atoms with Crippen LogP contribution in [0.5, 0.6) is 0 Å². The summed E-state index contributed by atoms with van der Waals surface area (Å²) in [5, 5.41) is 0. The summed E-state index contributed by atoms with van der Waals surface area (Å²) in [6.07, 6.45) is 9.20. The smallest absolute Gasteiger partial charge is 0.110 e. The van der Waals surface area contributed by atoms with E-state index in [4.69, 9.17) is 0 Å². The van der Waals surface area contributed by atoms with Crippen LogP contribution in [0.2, 0.25) is 0 Å². The van der Waals surface area contributed by atoms with Gasteiger partial charge in [0.2, 0.25) is 0 Å². The third kappa shape index (κ3) is 3.90. The van der Waals surface area contributed by atoms with Gasteiger partial charge in [0.25, 0.3) is 0 Å². The lowest BCUT2D eigenvalue weighted by Crippen LogP contribution is -2.21. The van der Waals surface area contributed by atoms with Gasteiger partial charge >= 0.3 is 0 Å². The van der Waals surface area contributed by atoms with E-state index in [0.717, 1.165) is 30.0 Å². The summed E-state index contributed by atoms with van der Waals surface area (Å²) in [4.78, 5) is 4.32. The van der Waals surface area contributed by atoms with Crippen LogP contribution in [0.15, 0.2) is 86.0 Å². The Morgan fingerprint density at radius 1 is 1.07 bits per heavy atom. The van der Waals surface area contributed by atoms with Gasteiger partial charge in [-0.3, -0.25) is 0 Å². The molecule has 2 nitrogen and oxygen atoms in total. The minimum atomic E-state index is 0.830. The van der Waals surface area contributed by atoms with E-state index in [9.17, 15) is 0 Å². The highest BCUT2D eigenvalue weighted by molar-refractivity contribution is 5.74. The molecular formula is C25H28N2. The number of aryl methyl sites for hydroxylation is 2. The standard InChI is InChI=1S/C25H28N2/c1-6-22(7-2)24-11-13-25(14-12-24)27-16-15-26(20(27)5)18-21-10-9-19(4)23(8-3)17-21/h6-7,9-17H,1,5,8,18H2,2-4H3/b22-7+. The lowest BCUT2D eigenvalue weighted by Gasteiger charge is -2.24. The molecule has 0 saturated carbocycles. The first kappa shape index (κ1) is 18.8. The predicted molar refractivity (Wildman–Crippen MR) is 117 cm³/mol. The fourth-order valence-corrected chi connectivity index (χ4v) is 3.45. The molecule has 0 amide bonds. The second-order valence-electron chi connectivity index (χ2n) is 6.82. The van der Waals surface area contributed by atoms with Crippen molar-refractivity contribution in [2.24, 2.45) is 0 Å². The van der Waals surface area contributed by atoms with Gasteiger partial charge in [-0.15, -0.1) is 0 Å². The predicted octanol–water partition coefficient (Wildman–Crippen LogP) is 6.41. The molecule has 1 aliphatic rings. The van der Waals surface area contributed by atoms with Crippen molar-refractivity contribution in [1.29, 1.82) is 0 Å². The fourth-order valence-electron chi connectivity index (χ4n) is 3.45. The van der Waals surface area contributed by atoms with Crippen LogP contribution < -0.4 is 4.90 Å². The Labute approximate surface area is 163 Å². The van der Waals surface area contributed by atoms with Crippen molar-refractivity contribution in [3.05, 3.63) is 108 Å². The minimum Gasteiger partial charge on any atom is -0.329 e. The zero-order valence-corrected chi connectivity index (χ0v) is 16.6. The second kappa shape index (κ2) is 8.13. The van der Waals surface area contributed by atoms with Crippen LogP contribution in [0.1, 0.15) is 36.1 Å². The van der Waals surface area contributed by atoms with Gasteiger partial charge in [-0.2, -0.15) is 0 Å². The first-order valence-electron chi connectivity index (χ1n) is 9.48. The quantitative estimate of drug-likeness (QED) is 0.552. The zero-order chi connectivity index (χ0) is 19.4. The van der Waals surface area contributed by atoms with Crippen LogP contribution in [0.3, 0.4) is 0 Å². The van der Waals surface area contributed by atoms with Crippen molar-refractivity contribution in [2.45, 2.75) is 33.7 Å². The molecular weight excluding hydrogens is 328 g/mol. The molecule has 2 aromatic carbocycles. The SMILES string of the molecule is C=C/C(=C\C)c1ccc(N2C=CN(Cc3ccc(C)c(CC)c3)C2=C)cc1. The van der Waals surface area contributed by atoms with Gasteiger partial charge in [-0.25, -0.2) is 0 Å². The molecule has 0 bridgehead atoms. The number of hydrogen-bond acceptors (Lipinski definition) is 2. The number of anilines is 1. The monoisotopic (exact) mass is 356 g/mol. The summed E-state index contributed by atoms with van der Waals surface area (Å²) < 4.78 is 0. The molecule has 1 heterocycles. The molecule has 0 atom stereocenters. The van der Waals surface area contributed by atoms with Gasteiger partial charge in [0.15, 0.2) is 0 Å². The maximum atomic E-state index is 4.30. The molecule has 0 aromatic heterocycles. The number of hydrogen-bond donors (Lipinski definition) is 0. The summed E-state index contributed by atoms with van der Waals surface area (Å²) in [6.45, 7) is 15.4. The Bertz CT molecular complexity index is 900. The Morgan fingerprint density at radius 3 is 2.44 bits per heavy atom. The highest BCUT2D eigenvalue weighted by Gasteiger charge is 2.19. The largest absolute Gasteiger partial charge is 0.329 e. The number of nitrogens with zero attached hydrogens (tertiary/aromatic N) is 2. The molecule has 0 saturated heterocycles. The van der Waals surface area contributed by atoms with Gasteiger partial charge in [-0.05, 0) is 60.2 Å². The number of rotatable bonds is 6. The summed E-state index contributed by atoms with van der Waals surface area (Å²) in [6, 6.07) is 15.2. The molecule has 0 fully saturated rings. The lowest BCUT2D eigenvalue weighted by atomic mass is 10.0. The average molecular weight is 357 g/mol. The molecule has 0 radical (unpaired) electrons. The Hall–Kier alpha value is -3.00. The van der Waals surface area contributed by atoms with E-state index in [1.165, 1.54) is 22.3 Å². The Balaban J connectivity index is 1.73. The van der Waals surface area contributed by atoms with Crippen LogP contribution in [0.25, 0.3) is 5.57 Å². The van der Waals surface area contributed by atoms with Crippen molar-refractivity contribution < 1.29 is 0 Å². The summed E-state index contributed by atoms with van der Waals surface area (Å²) in [5.74, 6) is 0.969. The van der Waals surface area contributed by atoms with E-state index in [0.29, 0.717) is 0 Å². The highest BCUT2D eigenvalue weighted by atomic mass is 15.4. The molecule has 138 valence electrons. The molecule has 0 N–H and O–H groups in total. The van der Waals surface area contributed by atoms with E-state index in [2.05, 4.69) is 97.7 Å². The third-order valence-electron chi connectivity index (χ3n) is 5.16. The van der Waals surface area contributed by atoms with Crippen LogP contribution in [0, 0.1) is 6.92 Å². The molecule has 2 heteroatoms.